The lowest BCUT2D eigenvalue weighted by Crippen LogP contribution is -2.45. The Hall–Kier alpha value is -2.25. The van der Waals surface area contributed by atoms with Crippen LogP contribution in [0.5, 0.6) is 0 Å². The summed E-state index contributed by atoms with van der Waals surface area (Å²) in [5.74, 6) is -0.992. The number of urea groups is 1. The van der Waals surface area contributed by atoms with Crippen molar-refractivity contribution in [3.05, 3.63) is 29.3 Å². The second kappa shape index (κ2) is 6.89. The summed E-state index contributed by atoms with van der Waals surface area (Å²) in [6.07, 6.45) is -4.44. The quantitative estimate of drug-likeness (QED) is 0.768. The van der Waals surface area contributed by atoms with E-state index in [4.69, 9.17) is 5.11 Å². The zero-order chi connectivity index (χ0) is 17.8. The summed E-state index contributed by atoms with van der Waals surface area (Å²) in [6, 6.07) is 2.38. The number of carbonyl (C=O) groups excluding carboxylic acids is 1. The molecule has 0 unspecified atom stereocenters. The Morgan fingerprint density at radius 1 is 1.22 bits per heavy atom. The monoisotopic (exact) mass is 332 g/mol. The van der Waals surface area contributed by atoms with Crippen molar-refractivity contribution < 1.29 is 27.9 Å². The zero-order valence-corrected chi connectivity index (χ0v) is 13.0. The Bertz CT molecular complexity index is 598. The number of hydrogen-bond donors (Lipinski definition) is 3. The first-order valence-corrected chi connectivity index (χ1v) is 6.89. The lowest BCUT2D eigenvalue weighted by atomic mass is 9.99. The molecule has 1 rings (SSSR count). The standard InChI is InChI=1S/C15H19F3N2O3/c1-9-4-5-10(15(16,17)18)8-11(9)19-13(23)20-14(2,3)7-6-12(21)22/h4-5,8H,6-7H2,1-3H3,(H,21,22)(H2,19,20,23). The van der Waals surface area contributed by atoms with Crippen molar-refractivity contribution >= 4 is 17.7 Å². The summed E-state index contributed by atoms with van der Waals surface area (Å²) in [5.41, 5.74) is -1.13. The minimum atomic E-state index is -4.50. The summed E-state index contributed by atoms with van der Waals surface area (Å²) in [6.45, 7) is 4.84. The van der Waals surface area contributed by atoms with Crippen LogP contribution in [0, 0.1) is 6.92 Å². The second-order valence-corrected chi connectivity index (χ2v) is 5.88. The van der Waals surface area contributed by atoms with Crippen LogP contribution in [0.2, 0.25) is 0 Å². The normalized spacial score (nSPS) is 11.9. The van der Waals surface area contributed by atoms with Gasteiger partial charge in [0.15, 0.2) is 0 Å². The molecular formula is C15H19F3N2O3. The average molecular weight is 332 g/mol. The smallest absolute Gasteiger partial charge is 0.416 e. The molecule has 1 aromatic rings. The van der Waals surface area contributed by atoms with Gasteiger partial charge >= 0.3 is 18.2 Å². The van der Waals surface area contributed by atoms with Gasteiger partial charge in [0, 0.05) is 17.6 Å². The molecule has 0 saturated heterocycles. The van der Waals surface area contributed by atoms with Gasteiger partial charge in [-0.25, -0.2) is 4.79 Å². The predicted molar refractivity (Wildman–Crippen MR) is 79.3 cm³/mol. The van der Waals surface area contributed by atoms with Gasteiger partial charge in [-0.1, -0.05) is 6.07 Å². The fourth-order valence-electron chi connectivity index (χ4n) is 1.88. The molecular weight excluding hydrogens is 313 g/mol. The molecule has 5 nitrogen and oxygen atoms in total. The third-order valence-electron chi connectivity index (χ3n) is 3.23. The number of carboxylic acid groups (broad SMARTS) is 1. The van der Waals surface area contributed by atoms with E-state index in [0.29, 0.717) is 5.56 Å². The molecule has 0 heterocycles. The number of nitrogens with one attached hydrogen (secondary N) is 2. The van der Waals surface area contributed by atoms with E-state index in [1.54, 1.807) is 20.8 Å². The molecule has 0 bridgehead atoms. The molecule has 3 N–H and O–H groups in total. The maximum atomic E-state index is 12.7. The minimum absolute atomic E-state index is 0.0476. The van der Waals surface area contributed by atoms with Crippen molar-refractivity contribution in [1.82, 2.24) is 5.32 Å². The van der Waals surface area contributed by atoms with E-state index in [-0.39, 0.29) is 18.5 Å². The van der Waals surface area contributed by atoms with Crippen molar-refractivity contribution in [1.29, 1.82) is 0 Å². The number of rotatable bonds is 5. The lowest BCUT2D eigenvalue weighted by molar-refractivity contribution is -0.138. The number of alkyl halides is 3. The highest BCUT2D eigenvalue weighted by molar-refractivity contribution is 5.90. The number of halogens is 3. The van der Waals surface area contributed by atoms with Gasteiger partial charge in [0.2, 0.25) is 0 Å². The van der Waals surface area contributed by atoms with Crippen molar-refractivity contribution in [2.75, 3.05) is 5.32 Å². The molecule has 0 spiro atoms. The van der Waals surface area contributed by atoms with Gasteiger partial charge in [0.05, 0.1) is 5.56 Å². The second-order valence-electron chi connectivity index (χ2n) is 5.88. The number of benzene rings is 1. The minimum Gasteiger partial charge on any atom is -0.481 e. The molecule has 23 heavy (non-hydrogen) atoms. The third kappa shape index (κ3) is 6.17. The highest BCUT2D eigenvalue weighted by atomic mass is 19.4. The van der Waals surface area contributed by atoms with Crippen LogP contribution >= 0.6 is 0 Å². The van der Waals surface area contributed by atoms with Crippen LogP contribution in [0.4, 0.5) is 23.7 Å². The topological polar surface area (TPSA) is 78.4 Å². The molecule has 0 saturated carbocycles. The van der Waals surface area contributed by atoms with Gasteiger partial charge in [0.25, 0.3) is 0 Å². The summed E-state index contributed by atoms with van der Waals surface area (Å²) >= 11 is 0. The average Bonchev–Trinajstić information content (AvgIpc) is 2.37. The highest BCUT2D eigenvalue weighted by Crippen LogP contribution is 2.32. The van der Waals surface area contributed by atoms with E-state index in [1.165, 1.54) is 6.07 Å². The highest BCUT2D eigenvalue weighted by Gasteiger charge is 2.31. The molecule has 0 aliphatic heterocycles. The molecule has 0 atom stereocenters. The first-order valence-electron chi connectivity index (χ1n) is 6.89. The van der Waals surface area contributed by atoms with Crippen LogP contribution in [0.3, 0.4) is 0 Å². The van der Waals surface area contributed by atoms with Gasteiger partial charge in [-0.3, -0.25) is 4.79 Å². The van der Waals surface area contributed by atoms with Crippen LogP contribution < -0.4 is 10.6 Å². The fraction of sp³-hybridized carbons (Fsp3) is 0.467. The van der Waals surface area contributed by atoms with Gasteiger partial charge in [-0.15, -0.1) is 0 Å². The summed E-state index contributed by atoms with van der Waals surface area (Å²) in [5, 5.41) is 13.6. The first kappa shape index (κ1) is 18.8. The van der Waals surface area contributed by atoms with E-state index in [9.17, 15) is 22.8 Å². The van der Waals surface area contributed by atoms with Crippen molar-refractivity contribution in [3.63, 3.8) is 0 Å². The maximum Gasteiger partial charge on any atom is 0.416 e. The molecule has 0 aliphatic rings. The summed E-state index contributed by atoms with van der Waals surface area (Å²) in [7, 11) is 0. The molecule has 8 heteroatoms. The van der Waals surface area contributed by atoms with E-state index in [1.807, 2.05) is 0 Å². The molecule has 0 fully saturated rings. The molecule has 0 radical (unpaired) electrons. The SMILES string of the molecule is Cc1ccc(C(F)(F)F)cc1NC(=O)NC(C)(C)CCC(=O)O. The number of anilines is 1. The van der Waals surface area contributed by atoms with Gasteiger partial charge in [-0.2, -0.15) is 13.2 Å². The first-order chi connectivity index (χ1) is 10.4. The Morgan fingerprint density at radius 2 is 1.83 bits per heavy atom. The van der Waals surface area contributed by atoms with E-state index in [2.05, 4.69) is 10.6 Å². The molecule has 128 valence electrons. The summed E-state index contributed by atoms with van der Waals surface area (Å²) in [4.78, 5) is 22.5. The largest absolute Gasteiger partial charge is 0.481 e. The van der Waals surface area contributed by atoms with Gasteiger partial charge < -0.3 is 15.7 Å². The van der Waals surface area contributed by atoms with E-state index >= 15 is 0 Å². The third-order valence-corrected chi connectivity index (χ3v) is 3.23. The lowest BCUT2D eigenvalue weighted by Gasteiger charge is -2.26. The maximum absolute atomic E-state index is 12.7. The van der Waals surface area contributed by atoms with E-state index < -0.39 is 29.3 Å². The number of aliphatic carboxylic acids is 1. The molecule has 2 amide bonds. The van der Waals surface area contributed by atoms with Crippen LogP contribution in [-0.4, -0.2) is 22.6 Å². The number of carboxylic acids is 1. The molecule has 0 aliphatic carbocycles. The van der Waals surface area contributed by atoms with Crippen molar-refractivity contribution in [3.8, 4) is 0 Å². The zero-order valence-electron chi connectivity index (χ0n) is 13.0. The molecule has 1 aromatic carbocycles. The Morgan fingerprint density at radius 3 is 2.35 bits per heavy atom. The number of hydrogen-bond acceptors (Lipinski definition) is 2. The number of carbonyl (C=O) groups is 2. The van der Waals surface area contributed by atoms with Crippen LogP contribution in [-0.2, 0) is 11.0 Å². The van der Waals surface area contributed by atoms with Gasteiger partial charge in [0.1, 0.15) is 0 Å². The number of amides is 2. The molecule has 0 aromatic heterocycles. The Balaban J connectivity index is 2.79. The van der Waals surface area contributed by atoms with Gasteiger partial charge in [-0.05, 0) is 44.9 Å². The van der Waals surface area contributed by atoms with Crippen LogP contribution in [0.15, 0.2) is 18.2 Å². The van der Waals surface area contributed by atoms with Crippen LogP contribution in [0.25, 0.3) is 0 Å². The van der Waals surface area contributed by atoms with E-state index in [0.717, 1.165) is 12.1 Å². The Kier molecular flexibility index (Phi) is 5.63. The Labute approximate surface area is 131 Å². The number of aryl methyl sites for hydroxylation is 1. The fourth-order valence-corrected chi connectivity index (χ4v) is 1.88. The van der Waals surface area contributed by atoms with Crippen molar-refractivity contribution in [2.24, 2.45) is 0 Å². The van der Waals surface area contributed by atoms with Crippen LogP contribution in [0.1, 0.15) is 37.8 Å². The van der Waals surface area contributed by atoms with Crippen molar-refractivity contribution in [2.45, 2.75) is 45.3 Å². The summed E-state index contributed by atoms with van der Waals surface area (Å²) < 4.78 is 38.1. The predicted octanol–water partition coefficient (Wildman–Crippen LogP) is 3.78.